The second kappa shape index (κ2) is 11.0. The number of aromatic nitrogens is 3. The van der Waals surface area contributed by atoms with E-state index in [0.717, 1.165) is 29.6 Å². The molecule has 0 saturated heterocycles. The van der Waals surface area contributed by atoms with Crippen LogP contribution in [-0.2, 0) is 24.4 Å². The minimum absolute atomic E-state index is 0. The molecule has 0 fully saturated rings. The number of nitrogens with zero attached hydrogens (tertiary/aromatic N) is 4. The van der Waals surface area contributed by atoms with Gasteiger partial charge in [0.2, 0.25) is 0 Å². The van der Waals surface area contributed by atoms with Gasteiger partial charge in [-0.25, -0.2) is 0 Å². The lowest BCUT2D eigenvalue weighted by atomic mass is 10.2. The number of pyridine rings is 1. The number of halogens is 1. The van der Waals surface area contributed by atoms with Crippen molar-refractivity contribution in [2.45, 2.75) is 33.5 Å². The molecule has 0 unspecified atom stereocenters. The molecule has 0 bridgehead atoms. The summed E-state index contributed by atoms with van der Waals surface area (Å²) >= 11 is 0. The van der Waals surface area contributed by atoms with E-state index in [9.17, 15) is 0 Å². The Balaban J connectivity index is 0.00000312. The molecule has 2 heterocycles. The van der Waals surface area contributed by atoms with Crippen LogP contribution in [0.2, 0.25) is 0 Å². The molecule has 25 heavy (non-hydrogen) atoms. The number of hydrogen-bond acceptors (Lipinski definition) is 4. The molecule has 0 aliphatic heterocycles. The highest BCUT2D eigenvalue weighted by Gasteiger charge is 2.11. The first-order valence-corrected chi connectivity index (χ1v) is 8.02. The molecule has 0 aliphatic carbocycles. The SMILES string of the molecule is CN=C(NCc1ccccn1)NCc1c(C)nn(CCOC)c1C.I. The van der Waals surface area contributed by atoms with E-state index in [1.165, 1.54) is 5.56 Å². The van der Waals surface area contributed by atoms with Crippen LogP contribution in [-0.4, -0.2) is 41.5 Å². The van der Waals surface area contributed by atoms with Crippen molar-refractivity contribution in [3.05, 3.63) is 47.0 Å². The van der Waals surface area contributed by atoms with E-state index in [4.69, 9.17) is 4.74 Å². The van der Waals surface area contributed by atoms with Gasteiger partial charge in [-0.2, -0.15) is 5.10 Å². The molecule has 138 valence electrons. The van der Waals surface area contributed by atoms with Crippen LogP contribution in [0.3, 0.4) is 0 Å². The number of aryl methyl sites for hydroxylation is 1. The summed E-state index contributed by atoms with van der Waals surface area (Å²) in [5.74, 6) is 0.740. The topological polar surface area (TPSA) is 76.4 Å². The number of guanidine groups is 1. The van der Waals surface area contributed by atoms with Gasteiger partial charge in [0, 0.05) is 38.2 Å². The first-order valence-electron chi connectivity index (χ1n) is 8.02. The molecule has 0 atom stereocenters. The zero-order valence-corrected chi connectivity index (χ0v) is 17.6. The van der Waals surface area contributed by atoms with E-state index in [-0.39, 0.29) is 24.0 Å². The molecule has 8 heteroatoms. The zero-order chi connectivity index (χ0) is 17.4. The van der Waals surface area contributed by atoms with E-state index in [1.54, 1.807) is 20.4 Å². The van der Waals surface area contributed by atoms with Gasteiger partial charge >= 0.3 is 0 Å². The molecule has 0 spiro atoms. The molecule has 0 aromatic carbocycles. The minimum atomic E-state index is 0. The van der Waals surface area contributed by atoms with Gasteiger partial charge in [-0.05, 0) is 26.0 Å². The summed E-state index contributed by atoms with van der Waals surface area (Å²) in [6, 6.07) is 5.86. The lowest BCUT2D eigenvalue weighted by molar-refractivity contribution is 0.182. The second-order valence-corrected chi connectivity index (χ2v) is 5.47. The third kappa shape index (κ3) is 6.28. The normalized spacial score (nSPS) is 11.1. The maximum atomic E-state index is 5.13. The van der Waals surface area contributed by atoms with Crippen LogP contribution in [0.4, 0.5) is 0 Å². The Hall–Kier alpha value is -1.68. The van der Waals surface area contributed by atoms with Crippen LogP contribution in [0.15, 0.2) is 29.4 Å². The van der Waals surface area contributed by atoms with Crippen molar-refractivity contribution in [1.82, 2.24) is 25.4 Å². The summed E-state index contributed by atoms with van der Waals surface area (Å²) in [6.45, 7) is 6.82. The molecular formula is C17H27IN6O. The van der Waals surface area contributed by atoms with Crippen molar-refractivity contribution in [3.8, 4) is 0 Å². The highest BCUT2D eigenvalue weighted by Crippen LogP contribution is 2.12. The molecule has 0 saturated carbocycles. The monoisotopic (exact) mass is 458 g/mol. The molecule has 0 radical (unpaired) electrons. The van der Waals surface area contributed by atoms with Crippen molar-refractivity contribution < 1.29 is 4.74 Å². The maximum absolute atomic E-state index is 5.13. The highest BCUT2D eigenvalue weighted by atomic mass is 127. The average Bonchev–Trinajstić information content (AvgIpc) is 2.88. The van der Waals surface area contributed by atoms with Crippen LogP contribution < -0.4 is 10.6 Å². The van der Waals surface area contributed by atoms with E-state index < -0.39 is 0 Å². The fraction of sp³-hybridized carbons (Fsp3) is 0.471. The third-order valence-electron chi connectivity index (χ3n) is 3.86. The summed E-state index contributed by atoms with van der Waals surface area (Å²) in [7, 11) is 3.46. The van der Waals surface area contributed by atoms with Gasteiger partial charge in [0.15, 0.2) is 5.96 Å². The second-order valence-electron chi connectivity index (χ2n) is 5.47. The molecule has 7 nitrogen and oxygen atoms in total. The van der Waals surface area contributed by atoms with E-state index in [2.05, 4.69) is 32.6 Å². The molecule has 2 rings (SSSR count). The molecular weight excluding hydrogens is 431 g/mol. The third-order valence-corrected chi connectivity index (χ3v) is 3.86. The fourth-order valence-electron chi connectivity index (χ4n) is 2.46. The zero-order valence-electron chi connectivity index (χ0n) is 15.2. The summed E-state index contributed by atoms with van der Waals surface area (Å²) in [6.07, 6.45) is 1.79. The summed E-state index contributed by atoms with van der Waals surface area (Å²) in [4.78, 5) is 8.55. The van der Waals surface area contributed by atoms with Crippen LogP contribution in [0, 0.1) is 13.8 Å². The number of rotatable bonds is 7. The van der Waals surface area contributed by atoms with Gasteiger partial charge in [0.1, 0.15) is 0 Å². The molecule has 2 aromatic rings. The first-order chi connectivity index (χ1) is 11.7. The van der Waals surface area contributed by atoms with Crippen LogP contribution in [0.5, 0.6) is 0 Å². The van der Waals surface area contributed by atoms with Crippen LogP contribution in [0.25, 0.3) is 0 Å². The summed E-state index contributed by atoms with van der Waals surface area (Å²) in [5, 5.41) is 11.2. The molecule has 2 aromatic heterocycles. The fourth-order valence-corrected chi connectivity index (χ4v) is 2.46. The first kappa shape index (κ1) is 21.4. The number of hydrogen-bond donors (Lipinski definition) is 2. The number of nitrogens with one attached hydrogen (secondary N) is 2. The van der Waals surface area contributed by atoms with Crippen LogP contribution >= 0.6 is 24.0 Å². The Morgan fingerprint density at radius 1 is 1.24 bits per heavy atom. The molecule has 0 amide bonds. The largest absolute Gasteiger partial charge is 0.383 e. The Morgan fingerprint density at radius 3 is 2.64 bits per heavy atom. The number of ether oxygens (including phenoxy) is 1. The number of methoxy groups -OCH3 is 1. The van der Waals surface area contributed by atoms with Crippen molar-refractivity contribution in [2.24, 2.45) is 4.99 Å². The lowest BCUT2D eigenvalue weighted by Crippen LogP contribution is -2.36. The molecule has 2 N–H and O–H groups in total. The Kier molecular flexibility index (Phi) is 9.43. The quantitative estimate of drug-likeness (QED) is 0.377. The standard InChI is InChI=1S/C17H26N6O.HI/c1-13-16(14(2)23(22-13)9-10-24-4)12-21-17(18-3)20-11-15-7-5-6-8-19-15;/h5-8H,9-12H2,1-4H3,(H2,18,20,21);1H. The number of aliphatic imine (C=N–C) groups is 1. The molecule has 0 aliphatic rings. The van der Waals surface area contributed by atoms with E-state index in [0.29, 0.717) is 19.7 Å². The van der Waals surface area contributed by atoms with Crippen molar-refractivity contribution in [3.63, 3.8) is 0 Å². The van der Waals surface area contributed by atoms with Gasteiger partial charge in [-0.1, -0.05) is 6.07 Å². The lowest BCUT2D eigenvalue weighted by Gasteiger charge is -2.12. The predicted molar refractivity (Wildman–Crippen MR) is 110 cm³/mol. The Bertz CT molecular complexity index is 671. The highest BCUT2D eigenvalue weighted by molar-refractivity contribution is 14.0. The van der Waals surface area contributed by atoms with E-state index in [1.807, 2.05) is 29.8 Å². The van der Waals surface area contributed by atoms with Crippen molar-refractivity contribution in [1.29, 1.82) is 0 Å². The predicted octanol–water partition coefficient (Wildman–Crippen LogP) is 2.02. The van der Waals surface area contributed by atoms with Gasteiger partial charge in [0.05, 0.1) is 31.1 Å². The van der Waals surface area contributed by atoms with Gasteiger partial charge in [-0.15, -0.1) is 24.0 Å². The van der Waals surface area contributed by atoms with Gasteiger partial charge in [-0.3, -0.25) is 14.7 Å². The van der Waals surface area contributed by atoms with Crippen LogP contribution in [0.1, 0.15) is 22.6 Å². The maximum Gasteiger partial charge on any atom is 0.191 e. The van der Waals surface area contributed by atoms with Crippen molar-refractivity contribution in [2.75, 3.05) is 20.8 Å². The average molecular weight is 458 g/mol. The van der Waals surface area contributed by atoms with Gasteiger partial charge in [0.25, 0.3) is 0 Å². The Labute approximate surface area is 166 Å². The smallest absolute Gasteiger partial charge is 0.191 e. The Morgan fingerprint density at radius 2 is 2.00 bits per heavy atom. The minimum Gasteiger partial charge on any atom is -0.383 e. The van der Waals surface area contributed by atoms with Crippen molar-refractivity contribution >= 4 is 29.9 Å². The van der Waals surface area contributed by atoms with Gasteiger partial charge < -0.3 is 15.4 Å². The summed E-state index contributed by atoms with van der Waals surface area (Å²) < 4.78 is 7.11. The van der Waals surface area contributed by atoms with E-state index >= 15 is 0 Å². The summed E-state index contributed by atoms with van der Waals surface area (Å²) in [5.41, 5.74) is 4.33.